The second-order valence-electron chi connectivity index (χ2n) is 7.61. The van der Waals surface area contributed by atoms with E-state index in [0.717, 1.165) is 12.4 Å². The molecule has 1 aliphatic carbocycles. The summed E-state index contributed by atoms with van der Waals surface area (Å²) in [6, 6.07) is 11.0. The van der Waals surface area contributed by atoms with Gasteiger partial charge in [-0.25, -0.2) is 9.97 Å². The predicted molar refractivity (Wildman–Crippen MR) is 113 cm³/mol. The summed E-state index contributed by atoms with van der Waals surface area (Å²) in [5.74, 6) is 3.15. The lowest BCUT2D eigenvalue weighted by atomic mass is 10.3. The Kier molecular flexibility index (Phi) is 6.35. The van der Waals surface area contributed by atoms with E-state index in [1.165, 1.54) is 26.0 Å². The minimum Gasteiger partial charge on any atom is -0.493 e. The average molecular weight is 423 g/mol. The monoisotopic (exact) mass is 423 g/mol. The maximum Gasteiger partial charge on any atom is 0.305 e. The highest BCUT2D eigenvalue weighted by molar-refractivity contribution is 5.73. The standard InChI is InChI=1S/C23H25N3O5/c1-15(26-16(2)27)13-29-22-12-25-23(31-22)18-8-9-21(24-11-18)30-20-5-3-4-19(10-20)28-14-17-6-7-17/h3-5,8-12,15,17H,6-7,13-14H2,1-2H3,(H,26,27). The zero-order valence-corrected chi connectivity index (χ0v) is 17.5. The van der Waals surface area contributed by atoms with Crippen LogP contribution in [0.5, 0.6) is 23.3 Å². The first kappa shape index (κ1) is 20.7. The van der Waals surface area contributed by atoms with Gasteiger partial charge in [-0.05, 0) is 43.9 Å². The number of hydrogen-bond acceptors (Lipinski definition) is 7. The van der Waals surface area contributed by atoms with E-state index in [1.54, 1.807) is 12.3 Å². The normalized spacial score (nSPS) is 14.0. The molecule has 0 aliphatic heterocycles. The fourth-order valence-corrected chi connectivity index (χ4v) is 2.87. The van der Waals surface area contributed by atoms with Crippen LogP contribution in [-0.2, 0) is 4.79 Å². The third kappa shape index (κ3) is 6.21. The first-order valence-corrected chi connectivity index (χ1v) is 10.3. The van der Waals surface area contributed by atoms with Crippen LogP contribution in [0.3, 0.4) is 0 Å². The molecule has 1 saturated carbocycles. The molecule has 2 aromatic heterocycles. The molecule has 0 spiro atoms. The fraction of sp³-hybridized carbons (Fsp3) is 0.348. The van der Waals surface area contributed by atoms with E-state index in [9.17, 15) is 4.79 Å². The van der Waals surface area contributed by atoms with Crippen LogP contribution in [0, 0.1) is 5.92 Å². The lowest BCUT2D eigenvalue weighted by molar-refractivity contribution is -0.119. The number of rotatable bonds is 10. The highest BCUT2D eigenvalue weighted by Gasteiger charge is 2.21. The van der Waals surface area contributed by atoms with E-state index in [4.69, 9.17) is 18.6 Å². The molecule has 4 rings (SSSR count). The van der Waals surface area contributed by atoms with Crippen molar-refractivity contribution in [2.24, 2.45) is 5.92 Å². The van der Waals surface area contributed by atoms with Gasteiger partial charge in [0.25, 0.3) is 0 Å². The van der Waals surface area contributed by atoms with Crippen LogP contribution >= 0.6 is 0 Å². The summed E-state index contributed by atoms with van der Waals surface area (Å²) in [5.41, 5.74) is 0.693. The smallest absolute Gasteiger partial charge is 0.305 e. The predicted octanol–water partition coefficient (Wildman–Crippen LogP) is 4.22. The van der Waals surface area contributed by atoms with Crippen molar-refractivity contribution in [1.29, 1.82) is 0 Å². The molecule has 31 heavy (non-hydrogen) atoms. The maximum absolute atomic E-state index is 11.0. The van der Waals surface area contributed by atoms with Gasteiger partial charge in [0.15, 0.2) is 0 Å². The second kappa shape index (κ2) is 9.51. The van der Waals surface area contributed by atoms with Gasteiger partial charge in [0.2, 0.25) is 17.7 Å². The van der Waals surface area contributed by atoms with Crippen LogP contribution in [0.4, 0.5) is 0 Å². The summed E-state index contributed by atoms with van der Waals surface area (Å²) in [4.78, 5) is 19.6. The summed E-state index contributed by atoms with van der Waals surface area (Å²) >= 11 is 0. The van der Waals surface area contributed by atoms with Crippen LogP contribution in [0.2, 0.25) is 0 Å². The SMILES string of the molecule is CC(=O)NC(C)COc1cnc(-c2ccc(Oc3cccc(OCC4CC4)c3)nc2)o1. The molecule has 1 N–H and O–H groups in total. The van der Waals surface area contributed by atoms with E-state index >= 15 is 0 Å². The van der Waals surface area contributed by atoms with E-state index in [0.29, 0.717) is 29.0 Å². The van der Waals surface area contributed by atoms with Crippen LogP contribution in [0.15, 0.2) is 53.2 Å². The Morgan fingerprint density at radius 2 is 2.00 bits per heavy atom. The Bertz CT molecular complexity index is 1010. The van der Waals surface area contributed by atoms with E-state index in [2.05, 4.69) is 15.3 Å². The number of pyridine rings is 1. The Labute approximate surface area is 180 Å². The van der Waals surface area contributed by atoms with Gasteiger partial charge in [-0.3, -0.25) is 4.79 Å². The van der Waals surface area contributed by atoms with E-state index < -0.39 is 0 Å². The van der Waals surface area contributed by atoms with Gasteiger partial charge in [-0.2, -0.15) is 0 Å². The molecule has 8 nitrogen and oxygen atoms in total. The molecular formula is C23H25N3O5. The molecule has 2 heterocycles. The van der Waals surface area contributed by atoms with Gasteiger partial charge in [0.05, 0.1) is 18.2 Å². The summed E-state index contributed by atoms with van der Waals surface area (Å²) in [7, 11) is 0. The molecule has 3 aromatic rings. The summed E-state index contributed by atoms with van der Waals surface area (Å²) in [6.07, 6.45) is 5.62. The highest BCUT2D eigenvalue weighted by Crippen LogP contribution is 2.31. The molecule has 1 unspecified atom stereocenters. The quantitative estimate of drug-likeness (QED) is 0.521. The van der Waals surface area contributed by atoms with Gasteiger partial charge < -0.3 is 23.9 Å². The van der Waals surface area contributed by atoms with Gasteiger partial charge in [-0.15, -0.1) is 0 Å². The van der Waals surface area contributed by atoms with Crippen molar-refractivity contribution in [3.05, 3.63) is 48.8 Å². The molecule has 162 valence electrons. The van der Waals surface area contributed by atoms with Gasteiger partial charge in [0.1, 0.15) is 24.3 Å². The van der Waals surface area contributed by atoms with Crippen LogP contribution in [0.25, 0.3) is 11.5 Å². The van der Waals surface area contributed by atoms with Crippen LogP contribution in [-0.4, -0.2) is 35.1 Å². The highest BCUT2D eigenvalue weighted by atomic mass is 16.6. The second-order valence-corrected chi connectivity index (χ2v) is 7.61. The molecule has 1 atom stereocenters. The Morgan fingerprint density at radius 1 is 1.16 bits per heavy atom. The van der Waals surface area contributed by atoms with Crippen molar-refractivity contribution >= 4 is 5.91 Å². The number of benzene rings is 1. The van der Waals surface area contributed by atoms with Gasteiger partial charge in [-0.1, -0.05) is 6.07 Å². The van der Waals surface area contributed by atoms with Crippen LogP contribution < -0.4 is 19.5 Å². The first-order valence-electron chi connectivity index (χ1n) is 10.3. The summed E-state index contributed by atoms with van der Waals surface area (Å²) < 4.78 is 22.7. The summed E-state index contributed by atoms with van der Waals surface area (Å²) in [5, 5.41) is 2.74. The molecule has 0 saturated heterocycles. The third-order valence-electron chi connectivity index (χ3n) is 4.60. The Hall–Kier alpha value is -3.55. The molecule has 0 bridgehead atoms. The number of nitrogens with zero attached hydrogens (tertiary/aromatic N) is 2. The number of carbonyl (C=O) groups is 1. The minimum absolute atomic E-state index is 0.111. The lowest BCUT2D eigenvalue weighted by Gasteiger charge is -2.11. The number of carbonyl (C=O) groups excluding carboxylic acids is 1. The average Bonchev–Trinajstić information content (AvgIpc) is 3.47. The molecular weight excluding hydrogens is 398 g/mol. The number of hydrogen-bond donors (Lipinski definition) is 1. The first-order chi connectivity index (χ1) is 15.0. The van der Waals surface area contributed by atoms with Crippen LogP contribution in [0.1, 0.15) is 26.7 Å². The molecule has 1 aromatic carbocycles. The van der Waals surface area contributed by atoms with Crippen molar-refractivity contribution < 1.29 is 23.4 Å². The molecule has 1 aliphatic rings. The largest absolute Gasteiger partial charge is 0.493 e. The third-order valence-corrected chi connectivity index (χ3v) is 4.60. The zero-order chi connectivity index (χ0) is 21.6. The number of oxazole rings is 1. The van der Waals surface area contributed by atoms with Crippen molar-refractivity contribution in [1.82, 2.24) is 15.3 Å². The fourth-order valence-electron chi connectivity index (χ4n) is 2.87. The Morgan fingerprint density at radius 3 is 2.74 bits per heavy atom. The molecule has 0 radical (unpaired) electrons. The maximum atomic E-state index is 11.0. The van der Waals surface area contributed by atoms with Gasteiger partial charge in [0, 0.05) is 25.3 Å². The molecule has 1 amide bonds. The minimum atomic E-state index is -0.137. The number of aromatic nitrogens is 2. The molecule has 1 fully saturated rings. The van der Waals surface area contributed by atoms with Crippen molar-refractivity contribution in [3.8, 4) is 34.8 Å². The number of nitrogens with one attached hydrogen (secondary N) is 1. The number of ether oxygens (including phenoxy) is 3. The summed E-state index contributed by atoms with van der Waals surface area (Å²) in [6.45, 7) is 4.34. The van der Waals surface area contributed by atoms with E-state index in [-0.39, 0.29) is 24.5 Å². The zero-order valence-electron chi connectivity index (χ0n) is 17.5. The molecule has 8 heteroatoms. The lowest BCUT2D eigenvalue weighted by Crippen LogP contribution is -2.35. The van der Waals surface area contributed by atoms with Crippen molar-refractivity contribution in [2.45, 2.75) is 32.7 Å². The van der Waals surface area contributed by atoms with Gasteiger partial charge >= 0.3 is 5.95 Å². The van der Waals surface area contributed by atoms with E-state index in [1.807, 2.05) is 37.3 Å². The number of amides is 1. The topological polar surface area (TPSA) is 95.7 Å². The van der Waals surface area contributed by atoms with Crippen molar-refractivity contribution in [3.63, 3.8) is 0 Å². The van der Waals surface area contributed by atoms with Crippen molar-refractivity contribution in [2.75, 3.05) is 13.2 Å². The Balaban J connectivity index is 1.32.